The molecule has 0 bridgehead atoms. The van der Waals surface area contributed by atoms with E-state index in [1.54, 1.807) is 72.9 Å². The largest absolute Gasteiger partial charge is 0.467 e. The summed E-state index contributed by atoms with van der Waals surface area (Å²) in [5.74, 6) is -0.246. The molecule has 0 spiro atoms. The number of hydrogen-bond donors (Lipinski definition) is 2. The van der Waals surface area contributed by atoms with Crippen LogP contribution >= 0.6 is 11.6 Å². The summed E-state index contributed by atoms with van der Waals surface area (Å²) in [7, 11) is 0. The molecular weight excluding hydrogens is 430 g/mol. The third-order valence-corrected chi connectivity index (χ3v) is 5.05. The predicted octanol–water partition coefficient (Wildman–Crippen LogP) is 4.27. The van der Waals surface area contributed by atoms with Gasteiger partial charge in [0.2, 0.25) is 0 Å². The number of benzene rings is 2. The van der Waals surface area contributed by atoms with Crippen molar-refractivity contribution in [3.63, 3.8) is 0 Å². The fourth-order valence-corrected chi connectivity index (χ4v) is 3.32. The molecule has 0 fully saturated rings. The van der Waals surface area contributed by atoms with Crippen LogP contribution in [0.2, 0.25) is 5.02 Å². The van der Waals surface area contributed by atoms with Crippen LogP contribution in [0.25, 0.3) is 5.69 Å². The number of rotatable bonds is 6. The van der Waals surface area contributed by atoms with Crippen LogP contribution in [-0.2, 0) is 6.54 Å². The second kappa shape index (κ2) is 9.36. The first-order valence-corrected chi connectivity index (χ1v) is 10.1. The average molecular weight is 448 g/mol. The van der Waals surface area contributed by atoms with Crippen molar-refractivity contribution in [3.05, 3.63) is 118 Å². The number of anilines is 1. The van der Waals surface area contributed by atoms with Crippen molar-refractivity contribution in [1.82, 2.24) is 9.88 Å². The molecule has 2 N–H and O–H groups in total. The molecule has 0 atom stereocenters. The molecule has 0 unspecified atom stereocenters. The number of carbonyl (C=O) groups excluding carboxylic acids is 2. The van der Waals surface area contributed by atoms with Crippen molar-refractivity contribution in [3.8, 4) is 5.69 Å². The Labute approximate surface area is 188 Å². The summed E-state index contributed by atoms with van der Waals surface area (Å²) < 4.78 is 6.54. The van der Waals surface area contributed by atoms with Crippen LogP contribution < -0.4 is 16.2 Å². The molecule has 0 saturated heterocycles. The molecule has 0 radical (unpaired) electrons. The van der Waals surface area contributed by atoms with Crippen molar-refractivity contribution in [2.45, 2.75) is 6.54 Å². The number of aromatic nitrogens is 1. The molecule has 7 nitrogen and oxygen atoms in total. The third-order valence-electron chi connectivity index (χ3n) is 4.72. The Morgan fingerprint density at radius 3 is 2.34 bits per heavy atom. The zero-order valence-electron chi connectivity index (χ0n) is 16.7. The highest BCUT2D eigenvalue weighted by Crippen LogP contribution is 2.18. The number of nitrogens with zero attached hydrogens (tertiary/aromatic N) is 1. The second-order valence-corrected chi connectivity index (χ2v) is 7.25. The Bertz CT molecular complexity index is 1310. The fraction of sp³-hybridized carbons (Fsp3) is 0.0417. The molecule has 4 aromatic rings. The highest BCUT2D eigenvalue weighted by molar-refractivity contribution is 6.34. The number of amides is 2. The van der Waals surface area contributed by atoms with Gasteiger partial charge in [0.1, 0.15) is 11.3 Å². The molecule has 4 rings (SSSR count). The lowest BCUT2D eigenvalue weighted by atomic mass is 10.2. The fourth-order valence-electron chi connectivity index (χ4n) is 3.10. The summed E-state index contributed by atoms with van der Waals surface area (Å²) in [5, 5.41) is 5.79. The normalized spacial score (nSPS) is 10.5. The number of nitrogens with one attached hydrogen (secondary N) is 2. The molecule has 8 heteroatoms. The van der Waals surface area contributed by atoms with E-state index in [0.717, 1.165) is 0 Å². The maximum atomic E-state index is 12.9. The number of furan rings is 1. The first-order valence-electron chi connectivity index (χ1n) is 9.71. The van der Waals surface area contributed by atoms with Crippen LogP contribution in [0.1, 0.15) is 26.5 Å². The van der Waals surface area contributed by atoms with Gasteiger partial charge in [0.25, 0.3) is 17.4 Å². The number of halogens is 1. The standard InChI is InChI=1S/C24H18ClN3O4/c25-21-8-2-1-6-19(21)23(30)27-16-9-11-17(12-10-16)28-13-3-7-20(24(28)31)22(29)26-15-18-5-4-14-32-18/h1-14H,15H2,(H,26,29)(H,27,30). The summed E-state index contributed by atoms with van der Waals surface area (Å²) >= 11 is 6.06. The lowest BCUT2D eigenvalue weighted by molar-refractivity contribution is 0.0945. The summed E-state index contributed by atoms with van der Waals surface area (Å²) in [4.78, 5) is 37.7. The van der Waals surface area contributed by atoms with Crippen molar-refractivity contribution in [1.29, 1.82) is 0 Å². The van der Waals surface area contributed by atoms with Gasteiger partial charge in [-0.2, -0.15) is 0 Å². The van der Waals surface area contributed by atoms with Gasteiger partial charge in [0.05, 0.1) is 23.4 Å². The van der Waals surface area contributed by atoms with Gasteiger partial charge in [0.15, 0.2) is 0 Å². The van der Waals surface area contributed by atoms with E-state index in [4.69, 9.17) is 16.0 Å². The summed E-state index contributed by atoms with van der Waals surface area (Å²) in [6.07, 6.45) is 3.08. The van der Waals surface area contributed by atoms with Gasteiger partial charge in [-0.05, 0) is 60.7 Å². The van der Waals surface area contributed by atoms with Crippen LogP contribution in [0, 0.1) is 0 Å². The molecule has 0 saturated carbocycles. The van der Waals surface area contributed by atoms with E-state index < -0.39 is 11.5 Å². The summed E-state index contributed by atoms with van der Waals surface area (Å²) in [5.41, 5.74) is 1.00. The summed E-state index contributed by atoms with van der Waals surface area (Å²) in [6, 6.07) is 20.0. The van der Waals surface area contributed by atoms with E-state index in [1.807, 2.05) is 0 Å². The van der Waals surface area contributed by atoms with E-state index in [-0.39, 0.29) is 18.0 Å². The highest BCUT2D eigenvalue weighted by atomic mass is 35.5. The van der Waals surface area contributed by atoms with E-state index in [0.29, 0.717) is 27.7 Å². The van der Waals surface area contributed by atoms with Crippen LogP contribution in [0.15, 0.2) is 94.5 Å². The van der Waals surface area contributed by atoms with Crippen LogP contribution in [-0.4, -0.2) is 16.4 Å². The van der Waals surface area contributed by atoms with Crippen molar-refractivity contribution >= 4 is 29.1 Å². The molecule has 2 aromatic carbocycles. The quantitative estimate of drug-likeness (QED) is 0.461. The van der Waals surface area contributed by atoms with Crippen LogP contribution in [0.3, 0.4) is 0 Å². The van der Waals surface area contributed by atoms with Crippen LogP contribution in [0.4, 0.5) is 5.69 Å². The monoisotopic (exact) mass is 447 g/mol. The van der Waals surface area contributed by atoms with Crippen molar-refractivity contribution in [2.24, 2.45) is 0 Å². The maximum absolute atomic E-state index is 12.9. The van der Waals surface area contributed by atoms with Gasteiger partial charge in [-0.3, -0.25) is 19.0 Å². The Balaban J connectivity index is 1.50. The third kappa shape index (κ3) is 4.63. The van der Waals surface area contributed by atoms with Gasteiger partial charge in [-0.1, -0.05) is 23.7 Å². The molecule has 0 aliphatic rings. The minimum atomic E-state index is -0.496. The zero-order valence-corrected chi connectivity index (χ0v) is 17.5. The SMILES string of the molecule is O=C(Nc1ccc(-n2cccc(C(=O)NCc3ccco3)c2=O)cc1)c1ccccc1Cl. The lowest BCUT2D eigenvalue weighted by Gasteiger charge is -2.10. The van der Waals surface area contributed by atoms with Gasteiger partial charge >= 0.3 is 0 Å². The van der Waals surface area contributed by atoms with Gasteiger partial charge in [-0.25, -0.2) is 0 Å². The van der Waals surface area contributed by atoms with Crippen molar-refractivity contribution in [2.75, 3.05) is 5.32 Å². The minimum Gasteiger partial charge on any atom is -0.467 e. The maximum Gasteiger partial charge on any atom is 0.267 e. The number of pyridine rings is 1. The van der Waals surface area contributed by atoms with Crippen molar-refractivity contribution < 1.29 is 14.0 Å². The average Bonchev–Trinajstić information content (AvgIpc) is 3.32. The lowest BCUT2D eigenvalue weighted by Crippen LogP contribution is -2.31. The Kier molecular flexibility index (Phi) is 6.19. The van der Waals surface area contributed by atoms with Crippen LogP contribution in [0.5, 0.6) is 0 Å². The first kappa shape index (κ1) is 21.1. The van der Waals surface area contributed by atoms with Gasteiger partial charge in [0, 0.05) is 17.6 Å². The van der Waals surface area contributed by atoms with Gasteiger partial charge in [-0.15, -0.1) is 0 Å². The highest BCUT2D eigenvalue weighted by Gasteiger charge is 2.14. The second-order valence-electron chi connectivity index (χ2n) is 6.84. The van der Waals surface area contributed by atoms with E-state index in [9.17, 15) is 14.4 Å². The molecule has 160 valence electrons. The topological polar surface area (TPSA) is 93.3 Å². The first-order chi connectivity index (χ1) is 15.5. The molecular formula is C24H18ClN3O4. The Hall–Kier alpha value is -4.10. The molecule has 2 aromatic heterocycles. The molecule has 32 heavy (non-hydrogen) atoms. The molecule has 2 heterocycles. The Morgan fingerprint density at radius 1 is 0.875 bits per heavy atom. The molecule has 0 aliphatic heterocycles. The number of hydrogen-bond acceptors (Lipinski definition) is 4. The van der Waals surface area contributed by atoms with Gasteiger partial charge < -0.3 is 15.1 Å². The van der Waals surface area contributed by atoms with E-state index >= 15 is 0 Å². The molecule has 2 amide bonds. The zero-order chi connectivity index (χ0) is 22.5. The minimum absolute atomic E-state index is 0.00940. The predicted molar refractivity (Wildman–Crippen MR) is 121 cm³/mol. The van der Waals surface area contributed by atoms with E-state index in [2.05, 4.69) is 10.6 Å². The Morgan fingerprint density at radius 2 is 1.62 bits per heavy atom. The van der Waals surface area contributed by atoms with E-state index in [1.165, 1.54) is 16.9 Å². The number of carbonyl (C=O) groups is 2. The molecule has 0 aliphatic carbocycles. The summed E-state index contributed by atoms with van der Waals surface area (Å²) in [6.45, 7) is 0.181. The smallest absolute Gasteiger partial charge is 0.267 e.